The Labute approximate surface area is 223 Å². The minimum atomic E-state index is -0.854. The molecule has 0 heterocycles. The van der Waals surface area contributed by atoms with Crippen molar-refractivity contribution in [1.82, 2.24) is 0 Å². The van der Waals surface area contributed by atoms with E-state index in [1.165, 1.54) is 19.8 Å². The van der Waals surface area contributed by atoms with Gasteiger partial charge in [0, 0.05) is 18.4 Å². The number of Topliss-reactive ketones (excluding diaryl/α,β-unsaturated/α-hetero) is 1. The first-order valence-electron chi connectivity index (χ1n) is 13.0. The smallest absolute Gasteiger partial charge is 0.200 e. The molecule has 3 aromatic rings. The van der Waals surface area contributed by atoms with Crippen molar-refractivity contribution in [1.29, 1.82) is 0 Å². The number of phenols is 3. The molecule has 1 aliphatic carbocycles. The van der Waals surface area contributed by atoms with E-state index in [-0.39, 0.29) is 53.5 Å². The number of hydrogen-bond donors (Lipinski definition) is 4. The second-order valence-corrected chi connectivity index (χ2v) is 10.1. The van der Waals surface area contributed by atoms with Crippen LogP contribution in [0.3, 0.4) is 0 Å². The number of aromatic hydroxyl groups is 3. The molecule has 0 unspecified atom stereocenters. The molecule has 7 nitrogen and oxygen atoms in total. The van der Waals surface area contributed by atoms with Crippen LogP contribution in [0.1, 0.15) is 53.9 Å². The second-order valence-electron chi connectivity index (χ2n) is 10.1. The van der Waals surface area contributed by atoms with Gasteiger partial charge in [0.1, 0.15) is 5.78 Å². The monoisotopic (exact) mass is 520 g/mol. The van der Waals surface area contributed by atoms with E-state index >= 15 is 0 Å². The van der Waals surface area contributed by atoms with E-state index in [1.807, 2.05) is 18.2 Å². The Bertz CT molecular complexity index is 1250. The minimum absolute atomic E-state index is 0.0281. The van der Waals surface area contributed by atoms with Crippen molar-refractivity contribution in [3.8, 4) is 28.7 Å². The van der Waals surface area contributed by atoms with Crippen LogP contribution in [0, 0.1) is 5.92 Å². The quantitative estimate of drug-likeness (QED) is 0.261. The van der Waals surface area contributed by atoms with Gasteiger partial charge in [-0.2, -0.15) is 0 Å². The van der Waals surface area contributed by atoms with Crippen molar-refractivity contribution in [3.63, 3.8) is 0 Å². The lowest BCUT2D eigenvalue weighted by Crippen LogP contribution is -2.27. The maximum absolute atomic E-state index is 12.8. The summed E-state index contributed by atoms with van der Waals surface area (Å²) >= 11 is 0. The highest BCUT2D eigenvalue weighted by atomic mass is 16.5. The standard InChI is InChI=1S/C31H36O7/c1-37-29-15-20(9-13-27(29)34)8-11-22(32)16-23(33)17-25-21(14-19-6-4-3-5-7-19)10-12-24-26(25)18-28(35)30(36)31(24)38-2/h3-7,9,13,15,18,21,23,25,33-36H,8,10-12,14,16-17H2,1-2H3/t21-,23-,25+/m0/s1. The van der Waals surface area contributed by atoms with Crippen molar-refractivity contribution in [2.45, 2.75) is 57.0 Å². The number of carbonyl (C=O) groups excluding carboxylic acids is 1. The Balaban J connectivity index is 1.49. The number of ether oxygens (including phenoxy) is 2. The van der Waals surface area contributed by atoms with Gasteiger partial charge < -0.3 is 29.9 Å². The van der Waals surface area contributed by atoms with Crippen molar-refractivity contribution in [3.05, 3.63) is 76.9 Å². The van der Waals surface area contributed by atoms with E-state index in [1.54, 1.807) is 24.3 Å². The number of phenolic OH excluding ortho intramolecular Hbond substituents is 3. The molecule has 0 bridgehead atoms. The van der Waals surface area contributed by atoms with Crippen LogP contribution < -0.4 is 9.47 Å². The van der Waals surface area contributed by atoms with Crippen LogP contribution in [-0.4, -0.2) is 46.5 Å². The summed E-state index contributed by atoms with van der Waals surface area (Å²) in [6, 6.07) is 16.7. The zero-order valence-electron chi connectivity index (χ0n) is 21.9. The fourth-order valence-electron chi connectivity index (χ4n) is 5.67. The fourth-order valence-corrected chi connectivity index (χ4v) is 5.67. The Hall–Kier alpha value is -3.71. The summed E-state index contributed by atoms with van der Waals surface area (Å²) in [5.41, 5.74) is 3.76. The lowest BCUT2D eigenvalue weighted by molar-refractivity contribution is -0.121. The zero-order chi connectivity index (χ0) is 27.2. The van der Waals surface area contributed by atoms with Gasteiger partial charge >= 0.3 is 0 Å². The molecule has 0 spiro atoms. The number of ketones is 1. The average molecular weight is 521 g/mol. The molecule has 0 saturated carbocycles. The SMILES string of the molecule is COc1cc(CCC(=O)C[C@H](O)C[C@H]2c3cc(O)c(O)c(OC)c3CC[C@H]2Cc2ccccc2)ccc1O. The maximum Gasteiger partial charge on any atom is 0.200 e. The first-order valence-corrected chi connectivity index (χ1v) is 13.0. The number of aliphatic hydroxyl groups is 1. The maximum atomic E-state index is 12.8. The molecule has 0 amide bonds. The summed E-state index contributed by atoms with van der Waals surface area (Å²) in [5, 5.41) is 41.6. The van der Waals surface area contributed by atoms with Crippen LogP contribution in [0.15, 0.2) is 54.6 Å². The highest BCUT2D eigenvalue weighted by Crippen LogP contribution is 2.50. The summed E-state index contributed by atoms with van der Waals surface area (Å²) in [4.78, 5) is 12.8. The summed E-state index contributed by atoms with van der Waals surface area (Å²) in [7, 11) is 2.95. The number of aryl methyl sites for hydroxylation is 1. The normalized spacial score (nSPS) is 17.4. The predicted octanol–water partition coefficient (Wildman–Crippen LogP) is 5.05. The Morgan fingerprint density at radius 1 is 0.974 bits per heavy atom. The molecule has 0 aliphatic heterocycles. The number of carbonyl (C=O) groups is 1. The third kappa shape index (κ3) is 6.22. The van der Waals surface area contributed by atoms with Crippen molar-refractivity contribution < 1.29 is 34.7 Å². The molecule has 1 aliphatic rings. The predicted molar refractivity (Wildman–Crippen MR) is 144 cm³/mol. The topological polar surface area (TPSA) is 116 Å². The lowest BCUT2D eigenvalue weighted by atomic mass is 9.70. The van der Waals surface area contributed by atoms with Crippen LogP contribution in [0.2, 0.25) is 0 Å². The molecule has 0 radical (unpaired) electrons. The van der Waals surface area contributed by atoms with Gasteiger partial charge in [-0.25, -0.2) is 0 Å². The van der Waals surface area contributed by atoms with Gasteiger partial charge in [-0.1, -0.05) is 36.4 Å². The summed E-state index contributed by atoms with van der Waals surface area (Å²) in [6.07, 6.45) is 2.60. The molecule has 3 atom stereocenters. The number of fused-ring (bicyclic) bond motifs is 1. The summed E-state index contributed by atoms with van der Waals surface area (Å²) < 4.78 is 10.6. The highest BCUT2D eigenvalue weighted by molar-refractivity contribution is 5.79. The van der Waals surface area contributed by atoms with E-state index < -0.39 is 6.10 Å². The molecule has 4 N–H and O–H groups in total. The van der Waals surface area contributed by atoms with Gasteiger partial charge in [0.2, 0.25) is 5.75 Å². The summed E-state index contributed by atoms with van der Waals surface area (Å²) in [6.45, 7) is 0. The third-order valence-corrected chi connectivity index (χ3v) is 7.58. The highest BCUT2D eigenvalue weighted by Gasteiger charge is 2.35. The van der Waals surface area contributed by atoms with Gasteiger partial charge in [-0.05, 0) is 78.8 Å². The number of hydrogen-bond acceptors (Lipinski definition) is 7. The molecule has 4 rings (SSSR count). The van der Waals surface area contributed by atoms with Gasteiger partial charge in [0.25, 0.3) is 0 Å². The molecular weight excluding hydrogens is 484 g/mol. The Morgan fingerprint density at radius 3 is 2.45 bits per heavy atom. The molecule has 0 fully saturated rings. The average Bonchev–Trinajstić information content (AvgIpc) is 2.91. The minimum Gasteiger partial charge on any atom is -0.504 e. The molecule has 3 aromatic carbocycles. The first-order chi connectivity index (χ1) is 18.3. The molecule has 0 aromatic heterocycles. The Kier molecular flexibility index (Phi) is 8.79. The first kappa shape index (κ1) is 27.3. The van der Waals surface area contributed by atoms with Gasteiger partial charge in [0.05, 0.1) is 20.3 Å². The third-order valence-electron chi connectivity index (χ3n) is 7.58. The van der Waals surface area contributed by atoms with Crippen LogP contribution in [0.25, 0.3) is 0 Å². The Morgan fingerprint density at radius 2 is 1.74 bits per heavy atom. The van der Waals surface area contributed by atoms with E-state index in [4.69, 9.17) is 9.47 Å². The van der Waals surface area contributed by atoms with Crippen LogP contribution in [0.5, 0.6) is 28.7 Å². The van der Waals surface area contributed by atoms with E-state index in [2.05, 4.69) is 12.1 Å². The zero-order valence-corrected chi connectivity index (χ0v) is 21.9. The number of aliphatic hydroxyl groups excluding tert-OH is 1. The van der Waals surface area contributed by atoms with Crippen molar-refractivity contribution >= 4 is 5.78 Å². The molecule has 38 heavy (non-hydrogen) atoms. The molecule has 202 valence electrons. The van der Waals surface area contributed by atoms with Crippen molar-refractivity contribution in [2.75, 3.05) is 14.2 Å². The molecule has 0 saturated heterocycles. The number of benzene rings is 3. The largest absolute Gasteiger partial charge is 0.504 e. The molecular formula is C31H36O7. The van der Waals surface area contributed by atoms with E-state index in [9.17, 15) is 25.2 Å². The van der Waals surface area contributed by atoms with E-state index in [0.29, 0.717) is 25.0 Å². The molecule has 7 heteroatoms. The number of rotatable bonds is 11. The lowest BCUT2D eigenvalue weighted by Gasteiger charge is -2.36. The second kappa shape index (κ2) is 12.2. The van der Waals surface area contributed by atoms with E-state index in [0.717, 1.165) is 29.5 Å². The van der Waals surface area contributed by atoms with Gasteiger partial charge in [0.15, 0.2) is 23.0 Å². The van der Waals surface area contributed by atoms with Crippen LogP contribution in [0.4, 0.5) is 0 Å². The van der Waals surface area contributed by atoms with Crippen molar-refractivity contribution in [2.24, 2.45) is 5.92 Å². The van der Waals surface area contributed by atoms with Gasteiger partial charge in [-0.3, -0.25) is 4.79 Å². The van der Waals surface area contributed by atoms with Crippen LogP contribution >= 0.6 is 0 Å². The number of methoxy groups -OCH3 is 2. The summed E-state index contributed by atoms with van der Waals surface area (Å²) in [5.74, 6) is 0.182. The van der Waals surface area contributed by atoms with Crippen LogP contribution in [-0.2, 0) is 24.1 Å². The van der Waals surface area contributed by atoms with Gasteiger partial charge in [-0.15, -0.1) is 0 Å². The fraction of sp³-hybridized carbons (Fsp3) is 0.387.